The average Bonchev–Trinajstić information content (AvgIpc) is 2.75. The Bertz CT molecular complexity index is 1000. The van der Waals surface area contributed by atoms with Gasteiger partial charge in [-0.05, 0) is 54.2 Å². The maximum atomic E-state index is 12.0. The maximum absolute atomic E-state index is 12.0. The van der Waals surface area contributed by atoms with E-state index >= 15 is 0 Å². The Balaban J connectivity index is 1.76. The van der Waals surface area contributed by atoms with Gasteiger partial charge in [0, 0.05) is 11.1 Å². The first-order valence-electron chi connectivity index (χ1n) is 8.70. The summed E-state index contributed by atoms with van der Waals surface area (Å²) in [4.78, 5) is 23.8. The van der Waals surface area contributed by atoms with Crippen molar-refractivity contribution in [2.24, 2.45) is 0 Å². The van der Waals surface area contributed by atoms with Gasteiger partial charge in [-0.25, -0.2) is 0 Å². The number of hydrogen-bond donors (Lipinski definition) is 3. The van der Waals surface area contributed by atoms with Crippen molar-refractivity contribution in [3.63, 3.8) is 0 Å². The van der Waals surface area contributed by atoms with Crippen molar-refractivity contribution in [3.05, 3.63) is 58.1 Å². The molecule has 0 radical (unpaired) electrons. The van der Waals surface area contributed by atoms with E-state index in [1.54, 1.807) is 36.4 Å². The molecule has 0 spiro atoms. The van der Waals surface area contributed by atoms with Gasteiger partial charge >= 0.3 is 0 Å². The molecule has 11 heteroatoms. The van der Waals surface area contributed by atoms with Gasteiger partial charge in [0.05, 0.1) is 19.2 Å². The molecular weight excluding hydrogens is 465 g/mol. The summed E-state index contributed by atoms with van der Waals surface area (Å²) in [6.45, 7) is -0.329. The normalized spacial score (nSPS) is 10.3. The highest BCUT2D eigenvalue weighted by Gasteiger charge is 2.08. The molecule has 3 N–H and O–H groups in total. The minimum atomic E-state index is -0.538. The van der Waals surface area contributed by atoms with Crippen LogP contribution in [-0.2, 0) is 9.59 Å². The van der Waals surface area contributed by atoms with Crippen LogP contribution < -0.4 is 30.4 Å². The molecule has 0 aromatic heterocycles. The van der Waals surface area contributed by atoms with Crippen molar-refractivity contribution < 1.29 is 23.8 Å². The van der Waals surface area contributed by atoms with Crippen LogP contribution in [0, 0.1) is 0 Å². The highest BCUT2D eigenvalue weighted by atomic mass is 35.5. The van der Waals surface area contributed by atoms with E-state index in [2.05, 4.69) is 16.2 Å². The number of ether oxygens (including phenoxy) is 3. The molecule has 2 rings (SSSR count). The first-order chi connectivity index (χ1) is 14.8. The smallest absolute Gasteiger partial charge is 0.276 e. The summed E-state index contributed by atoms with van der Waals surface area (Å²) in [5.74, 6) is 0.381. The Morgan fingerprint density at radius 3 is 2.39 bits per heavy atom. The quantitative estimate of drug-likeness (QED) is 0.316. The number of halogens is 2. The zero-order valence-corrected chi connectivity index (χ0v) is 18.9. The fourth-order valence-corrected chi connectivity index (χ4v) is 2.83. The summed E-state index contributed by atoms with van der Waals surface area (Å²) in [7, 11) is 3.05. The first kappa shape index (κ1) is 24.3. The van der Waals surface area contributed by atoms with Crippen LogP contribution in [0.3, 0.4) is 0 Å². The molecule has 0 saturated carbocycles. The molecule has 2 amide bonds. The number of thiocarbonyl (C=S) groups is 1. The van der Waals surface area contributed by atoms with Crippen LogP contribution in [0.5, 0.6) is 17.2 Å². The van der Waals surface area contributed by atoms with E-state index in [4.69, 9.17) is 49.6 Å². The highest BCUT2D eigenvalue weighted by molar-refractivity contribution is 7.80. The zero-order chi connectivity index (χ0) is 22.8. The van der Waals surface area contributed by atoms with Gasteiger partial charge in [-0.2, -0.15) is 0 Å². The summed E-state index contributed by atoms with van der Waals surface area (Å²) < 4.78 is 15.7. The SMILES string of the molecule is COc1ccc(/C=C/C(=O)NC(=S)NNC(=O)COc2ccc(Cl)cc2Cl)cc1OC. The minimum absolute atomic E-state index is 0.0974. The van der Waals surface area contributed by atoms with Crippen molar-refractivity contribution in [2.75, 3.05) is 20.8 Å². The highest BCUT2D eigenvalue weighted by Crippen LogP contribution is 2.28. The Morgan fingerprint density at radius 2 is 1.71 bits per heavy atom. The lowest BCUT2D eigenvalue weighted by Gasteiger charge is -2.11. The summed E-state index contributed by atoms with van der Waals surface area (Å²) >= 11 is 16.7. The van der Waals surface area contributed by atoms with Gasteiger partial charge in [-0.15, -0.1) is 0 Å². The number of hydrazine groups is 1. The molecule has 0 saturated heterocycles. The molecular formula is C20H19Cl2N3O5S. The van der Waals surface area contributed by atoms with Crippen molar-refractivity contribution in [1.82, 2.24) is 16.2 Å². The van der Waals surface area contributed by atoms with Crippen molar-refractivity contribution >= 4 is 58.4 Å². The number of amides is 2. The van der Waals surface area contributed by atoms with Crippen molar-refractivity contribution in [2.45, 2.75) is 0 Å². The standard InChI is InChI=1S/C20H19Cl2N3O5S/c1-28-16-6-3-12(9-17(16)29-2)4-8-18(26)23-20(31)25-24-19(27)11-30-15-7-5-13(21)10-14(15)22/h3-10H,11H2,1-2H3,(H,24,27)(H2,23,25,26,31)/b8-4+. The van der Waals surface area contributed by atoms with Gasteiger partial charge < -0.3 is 14.2 Å². The molecule has 2 aromatic carbocycles. The summed E-state index contributed by atoms with van der Waals surface area (Å²) in [6.07, 6.45) is 2.85. The second-order valence-electron chi connectivity index (χ2n) is 5.80. The fraction of sp³-hybridized carbons (Fsp3) is 0.150. The lowest BCUT2D eigenvalue weighted by Crippen LogP contribution is -2.49. The van der Waals surface area contributed by atoms with Gasteiger partial charge in [0.2, 0.25) is 5.91 Å². The molecule has 0 aliphatic heterocycles. The molecule has 0 aliphatic rings. The molecule has 0 heterocycles. The molecule has 0 aliphatic carbocycles. The average molecular weight is 484 g/mol. The van der Waals surface area contributed by atoms with Gasteiger partial charge in [0.25, 0.3) is 5.91 Å². The molecule has 0 bridgehead atoms. The van der Waals surface area contributed by atoms with Crippen LogP contribution in [0.2, 0.25) is 10.0 Å². The van der Waals surface area contributed by atoms with Crippen molar-refractivity contribution in [1.29, 1.82) is 0 Å². The van der Waals surface area contributed by atoms with Gasteiger partial charge in [-0.1, -0.05) is 29.3 Å². The van der Waals surface area contributed by atoms with Crippen LogP contribution >= 0.6 is 35.4 Å². The number of carbonyl (C=O) groups excluding carboxylic acids is 2. The van der Waals surface area contributed by atoms with Crippen LogP contribution in [-0.4, -0.2) is 37.8 Å². The Kier molecular flexibility index (Phi) is 9.39. The predicted molar refractivity (Wildman–Crippen MR) is 123 cm³/mol. The third-order valence-corrected chi connectivity index (χ3v) is 4.37. The van der Waals surface area contributed by atoms with Gasteiger partial charge in [0.1, 0.15) is 5.75 Å². The molecule has 0 unspecified atom stereocenters. The van der Waals surface area contributed by atoms with Gasteiger partial charge in [-0.3, -0.25) is 25.8 Å². The second-order valence-corrected chi connectivity index (χ2v) is 7.05. The lowest BCUT2D eigenvalue weighted by molar-refractivity contribution is -0.123. The van der Waals surface area contributed by atoms with E-state index in [-0.39, 0.29) is 16.7 Å². The molecule has 31 heavy (non-hydrogen) atoms. The van der Waals surface area contributed by atoms with E-state index in [1.165, 1.54) is 26.4 Å². The number of methoxy groups -OCH3 is 2. The maximum Gasteiger partial charge on any atom is 0.276 e. The molecule has 164 valence electrons. The van der Waals surface area contributed by atoms with E-state index in [9.17, 15) is 9.59 Å². The molecule has 2 aromatic rings. The van der Waals surface area contributed by atoms with E-state index in [0.29, 0.717) is 22.3 Å². The Morgan fingerprint density at radius 1 is 1.00 bits per heavy atom. The van der Waals surface area contributed by atoms with E-state index in [1.807, 2.05) is 0 Å². The number of carbonyl (C=O) groups is 2. The second kappa shape index (κ2) is 12.0. The zero-order valence-electron chi connectivity index (χ0n) is 16.5. The number of hydrogen-bond acceptors (Lipinski definition) is 6. The topological polar surface area (TPSA) is 97.9 Å². The van der Waals surface area contributed by atoms with Crippen LogP contribution in [0.1, 0.15) is 5.56 Å². The number of benzene rings is 2. The lowest BCUT2D eigenvalue weighted by atomic mass is 10.2. The van der Waals surface area contributed by atoms with Crippen molar-refractivity contribution in [3.8, 4) is 17.2 Å². The van der Waals surface area contributed by atoms with Crippen LogP contribution in [0.4, 0.5) is 0 Å². The summed E-state index contributed by atoms with van der Waals surface area (Å²) in [5, 5.41) is 3.02. The monoisotopic (exact) mass is 483 g/mol. The van der Waals surface area contributed by atoms with Crippen LogP contribution in [0.25, 0.3) is 6.08 Å². The van der Waals surface area contributed by atoms with Crippen LogP contribution in [0.15, 0.2) is 42.5 Å². The minimum Gasteiger partial charge on any atom is -0.493 e. The summed E-state index contributed by atoms with van der Waals surface area (Å²) in [5.41, 5.74) is 5.42. The van der Waals surface area contributed by atoms with E-state index < -0.39 is 11.8 Å². The fourth-order valence-electron chi connectivity index (χ4n) is 2.21. The molecule has 0 atom stereocenters. The van der Waals surface area contributed by atoms with Gasteiger partial charge in [0.15, 0.2) is 23.2 Å². The predicted octanol–water partition coefficient (Wildman–Crippen LogP) is 3.12. The Hall–Kier alpha value is -3.01. The third-order valence-electron chi connectivity index (χ3n) is 3.64. The Labute approximate surface area is 194 Å². The number of rotatable bonds is 7. The van der Waals surface area contributed by atoms with E-state index in [0.717, 1.165) is 5.56 Å². The molecule has 8 nitrogen and oxygen atoms in total. The first-order valence-corrected chi connectivity index (χ1v) is 9.86. The molecule has 0 fully saturated rings. The third kappa shape index (κ3) is 7.97. The largest absolute Gasteiger partial charge is 0.493 e. The summed E-state index contributed by atoms with van der Waals surface area (Å²) in [6, 6.07) is 9.81. The number of nitrogens with one attached hydrogen (secondary N) is 3.